The van der Waals surface area contributed by atoms with E-state index in [0.717, 1.165) is 31.5 Å². The van der Waals surface area contributed by atoms with Gasteiger partial charge in [0.15, 0.2) is 5.16 Å². The summed E-state index contributed by atoms with van der Waals surface area (Å²) >= 11 is 1.29. The Morgan fingerprint density at radius 1 is 1.12 bits per heavy atom. The maximum absolute atomic E-state index is 13.4. The van der Waals surface area contributed by atoms with E-state index in [2.05, 4.69) is 0 Å². The Labute approximate surface area is 196 Å². The molecule has 1 fully saturated rings. The molecule has 1 atom stereocenters. The topological polar surface area (TPSA) is 81.5 Å². The van der Waals surface area contributed by atoms with Gasteiger partial charge in [-0.25, -0.2) is 9.78 Å². The summed E-state index contributed by atoms with van der Waals surface area (Å²) in [5.41, 5.74) is 1.68. The first-order valence-corrected chi connectivity index (χ1v) is 12.0. The molecule has 0 aliphatic carbocycles. The lowest BCUT2D eigenvalue weighted by atomic mass is 10.1. The normalized spacial score (nSPS) is 14.4. The average Bonchev–Trinajstić information content (AvgIpc) is 3.38. The molecule has 1 saturated heterocycles. The highest BCUT2D eigenvalue weighted by Crippen LogP contribution is 2.26. The van der Waals surface area contributed by atoms with E-state index in [0.29, 0.717) is 34.6 Å². The first kappa shape index (κ1) is 23.0. The minimum absolute atomic E-state index is 0.0600. The molecule has 0 bridgehead atoms. The number of carbonyl (C=O) groups excluding carboxylic acids is 2. The van der Waals surface area contributed by atoms with Crippen molar-refractivity contribution in [3.8, 4) is 0 Å². The Kier molecular flexibility index (Phi) is 7.13. The monoisotopic (exact) mass is 465 g/mol. The SMILES string of the molecule is COC(=O)c1ccc2c(=O)n(CCc3ccccc3)c(S[C@@H](C)C(=O)N3CCCC3)nc2c1. The lowest BCUT2D eigenvalue weighted by Crippen LogP contribution is -2.34. The summed E-state index contributed by atoms with van der Waals surface area (Å²) in [5, 5.41) is 0.531. The van der Waals surface area contributed by atoms with Gasteiger partial charge in [-0.1, -0.05) is 42.1 Å². The Morgan fingerprint density at radius 2 is 1.85 bits per heavy atom. The smallest absolute Gasteiger partial charge is 0.337 e. The molecule has 0 saturated carbocycles. The highest BCUT2D eigenvalue weighted by atomic mass is 32.2. The number of amides is 1. The summed E-state index contributed by atoms with van der Waals surface area (Å²) in [4.78, 5) is 44.9. The van der Waals surface area contributed by atoms with Crippen molar-refractivity contribution in [3.63, 3.8) is 0 Å². The van der Waals surface area contributed by atoms with Gasteiger partial charge in [-0.05, 0) is 49.9 Å². The third-order valence-electron chi connectivity index (χ3n) is 5.86. The Balaban J connectivity index is 1.71. The Bertz CT molecular complexity index is 1220. The average molecular weight is 466 g/mol. The van der Waals surface area contributed by atoms with Crippen LogP contribution in [0.25, 0.3) is 10.9 Å². The number of aromatic nitrogens is 2. The number of aryl methyl sites for hydroxylation is 1. The molecular formula is C25H27N3O4S. The number of hydrogen-bond acceptors (Lipinski definition) is 6. The summed E-state index contributed by atoms with van der Waals surface area (Å²) in [5.74, 6) is -0.427. The molecule has 3 aromatic rings. The van der Waals surface area contributed by atoms with Crippen LogP contribution in [0.3, 0.4) is 0 Å². The quantitative estimate of drug-likeness (QED) is 0.302. The minimum Gasteiger partial charge on any atom is -0.465 e. The predicted molar refractivity (Wildman–Crippen MR) is 129 cm³/mol. The zero-order valence-electron chi connectivity index (χ0n) is 18.8. The third kappa shape index (κ3) is 5.11. The lowest BCUT2D eigenvalue weighted by molar-refractivity contribution is -0.129. The van der Waals surface area contributed by atoms with Gasteiger partial charge in [0.25, 0.3) is 5.56 Å². The number of ether oxygens (including phenoxy) is 1. The molecule has 33 heavy (non-hydrogen) atoms. The zero-order valence-corrected chi connectivity index (χ0v) is 19.6. The van der Waals surface area contributed by atoms with Gasteiger partial charge in [0.05, 0.1) is 28.8 Å². The third-order valence-corrected chi connectivity index (χ3v) is 6.93. The fourth-order valence-corrected chi connectivity index (χ4v) is 5.04. The van der Waals surface area contributed by atoms with Crippen LogP contribution in [-0.4, -0.2) is 51.8 Å². The van der Waals surface area contributed by atoms with E-state index in [1.54, 1.807) is 22.8 Å². The maximum Gasteiger partial charge on any atom is 0.337 e. The van der Waals surface area contributed by atoms with Crippen molar-refractivity contribution < 1.29 is 14.3 Å². The molecule has 1 amide bonds. The van der Waals surface area contributed by atoms with Gasteiger partial charge in [-0.15, -0.1) is 0 Å². The molecule has 1 aliphatic heterocycles. The van der Waals surface area contributed by atoms with Crippen LogP contribution in [0.4, 0.5) is 0 Å². The molecular weight excluding hydrogens is 438 g/mol. The van der Waals surface area contributed by atoms with Crippen LogP contribution in [0.5, 0.6) is 0 Å². The number of hydrogen-bond donors (Lipinski definition) is 0. The fourth-order valence-electron chi connectivity index (χ4n) is 4.02. The van der Waals surface area contributed by atoms with E-state index in [4.69, 9.17) is 9.72 Å². The van der Waals surface area contributed by atoms with Crippen LogP contribution < -0.4 is 5.56 Å². The number of nitrogens with zero attached hydrogens (tertiary/aromatic N) is 3. The number of esters is 1. The van der Waals surface area contributed by atoms with E-state index < -0.39 is 5.97 Å². The number of carbonyl (C=O) groups is 2. The number of thioether (sulfide) groups is 1. The molecule has 0 spiro atoms. The molecule has 2 heterocycles. The molecule has 8 heteroatoms. The van der Waals surface area contributed by atoms with Gasteiger partial charge in [0.1, 0.15) is 0 Å². The molecule has 1 aliphatic rings. The summed E-state index contributed by atoms with van der Waals surface area (Å²) in [6.45, 7) is 3.85. The second-order valence-electron chi connectivity index (χ2n) is 8.10. The lowest BCUT2D eigenvalue weighted by Gasteiger charge is -2.21. The molecule has 0 N–H and O–H groups in total. The second kappa shape index (κ2) is 10.2. The van der Waals surface area contributed by atoms with Crippen LogP contribution in [0, 0.1) is 0 Å². The molecule has 2 aromatic carbocycles. The van der Waals surface area contributed by atoms with Gasteiger partial charge in [-0.3, -0.25) is 14.2 Å². The zero-order chi connectivity index (χ0) is 23.4. The summed E-state index contributed by atoms with van der Waals surface area (Å²) in [6, 6.07) is 14.7. The molecule has 0 unspecified atom stereocenters. The Hall–Kier alpha value is -3.13. The minimum atomic E-state index is -0.487. The van der Waals surface area contributed by atoms with Crippen molar-refractivity contribution in [2.45, 2.75) is 43.1 Å². The molecule has 7 nitrogen and oxygen atoms in total. The number of methoxy groups -OCH3 is 1. The van der Waals surface area contributed by atoms with Crippen LogP contribution >= 0.6 is 11.8 Å². The second-order valence-corrected chi connectivity index (χ2v) is 9.41. The largest absolute Gasteiger partial charge is 0.465 e. The molecule has 4 rings (SSSR count). The van der Waals surface area contributed by atoms with E-state index in [-0.39, 0.29) is 16.7 Å². The van der Waals surface area contributed by atoms with Crippen molar-refractivity contribution in [1.29, 1.82) is 0 Å². The number of benzene rings is 2. The standard InChI is InChI=1S/C25H27N3O4S/c1-17(22(29)27-13-6-7-14-27)33-25-26-21-16-19(24(31)32-2)10-11-20(21)23(30)28(25)15-12-18-8-4-3-5-9-18/h3-5,8-11,16-17H,6-7,12-15H2,1-2H3/t17-/m0/s1. The number of likely N-dealkylation sites (tertiary alicyclic amines) is 1. The van der Waals surface area contributed by atoms with Gasteiger partial charge in [-0.2, -0.15) is 0 Å². The fraction of sp³-hybridized carbons (Fsp3) is 0.360. The van der Waals surface area contributed by atoms with E-state index in [9.17, 15) is 14.4 Å². The van der Waals surface area contributed by atoms with Gasteiger partial charge in [0.2, 0.25) is 5.91 Å². The van der Waals surface area contributed by atoms with E-state index in [1.807, 2.05) is 42.2 Å². The number of rotatable bonds is 7. The van der Waals surface area contributed by atoms with Crippen LogP contribution in [0.1, 0.15) is 35.7 Å². The summed E-state index contributed by atoms with van der Waals surface area (Å²) < 4.78 is 6.45. The highest BCUT2D eigenvalue weighted by molar-refractivity contribution is 8.00. The van der Waals surface area contributed by atoms with Crippen molar-refractivity contribution in [3.05, 3.63) is 70.0 Å². The van der Waals surface area contributed by atoms with Gasteiger partial charge >= 0.3 is 5.97 Å². The van der Waals surface area contributed by atoms with Crippen molar-refractivity contribution >= 4 is 34.5 Å². The van der Waals surface area contributed by atoms with Crippen molar-refractivity contribution in [1.82, 2.24) is 14.5 Å². The van der Waals surface area contributed by atoms with Crippen molar-refractivity contribution in [2.75, 3.05) is 20.2 Å². The van der Waals surface area contributed by atoms with Gasteiger partial charge in [0, 0.05) is 19.6 Å². The van der Waals surface area contributed by atoms with E-state index >= 15 is 0 Å². The molecule has 1 aromatic heterocycles. The Morgan fingerprint density at radius 3 is 2.55 bits per heavy atom. The summed E-state index contributed by atoms with van der Waals surface area (Å²) in [7, 11) is 1.31. The predicted octanol–water partition coefficient (Wildman–Crippen LogP) is 3.53. The first-order chi connectivity index (χ1) is 16.0. The summed E-state index contributed by atoms with van der Waals surface area (Å²) in [6.07, 6.45) is 2.71. The van der Waals surface area contributed by atoms with Crippen LogP contribution in [0.2, 0.25) is 0 Å². The highest BCUT2D eigenvalue weighted by Gasteiger charge is 2.26. The van der Waals surface area contributed by atoms with E-state index in [1.165, 1.54) is 18.9 Å². The van der Waals surface area contributed by atoms with Crippen LogP contribution in [-0.2, 0) is 22.5 Å². The number of fused-ring (bicyclic) bond motifs is 1. The first-order valence-electron chi connectivity index (χ1n) is 11.1. The maximum atomic E-state index is 13.4. The van der Waals surface area contributed by atoms with Crippen LogP contribution in [0.15, 0.2) is 58.5 Å². The molecule has 172 valence electrons. The molecule has 0 radical (unpaired) electrons. The van der Waals surface area contributed by atoms with Crippen molar-refractivity contribution in [2.24, 2.45) is 0 Å². The van der Waals surface area contributed by atoms with Gasteiger partial charge < -0.3 is 9.64 Å².